The van der Waals surface area contributed by atoms with E-state index in [0.29, 0.717) is 26.6 Å². The minimum atomic E-state index is -0.305. The molecular formula is C18H12BrClN2O2. The number of carbonyl (C=O) groups excluding carboxylic acids is 1. The summed E-state index contributed by atoms with van der Waals surface area (Å²) in [6, 6.07) is 18.1. The van der Waals surface area contributed by atoms with Gasteiger partial charge in [-0.2, -0.15) is 5.10 Å². The standard InChI is InChI=1S/C18H12BrClN2O2/c19-16-7-2-1-6-15(16)18(23)22-21-11-14-8-9-17(24-14)12-4-3-5-13(20)10-12/h1-11H,(H,22,23)/b21-11+. The summed E-state index contributed by atoms with van der Waals surface area (Å²) in [7, 11) is 0. The van der Waals surface area contributed by atoms with Gasteiger partial charge < -0.3 is 4.42 Å². The topological polar surface area (TPSA) is 54.6 Å². The van der Waals surface area contributed by atoms with Crippen LogP contribution >= 0.6 is 27.5 Å². The van der Waals surface area contributed by atoms with E-state index in [0.717, 1.165) is 5.56 Å². The Labute approximate surface area is 152 Å². The molecule has 3 aromatic rings. The van der Waals surface area contributed by atoms with Crippen molar-refractivity contribution < 1.29 is 9.21 Å². The molecule has 1 heterocycles. The zero-order valence-electron chi connectivity index (χ0n) is 12.4. The SMILES string of the molecule is O=C(N/N=C/c1ccc(-c2cccc(Cl)c2)o1)c1ccccc1Br. The van der Waals surface area contributed by atoms with Crippen molar-refractivity contribution in [2.75, 3.05) is 0 Å². The molecule has 6 heteroatoms. The number of nitrogens with zero attached hydrogens (tertiary/aromatic N) is 1. The fraction of sp³-hybridized carbons (Fsp3) is 0. The quantitative estimate of drug-likeness (QED) is 0.485. The highest BCUT2D eigenvalue weighted by molar-refractivity contribution is 9.10. The highest BCUT2D eigenvalue weighted by atomic mass is 79.9. The lowest BCUT2D eigenvalue weighted by Gasteiger charge is -2.01. The lowest BCUT2D eigenvalue weighted by molar-refractivity contribution is 0.0954. The molecule has 0 saturated carbocycles. The maximum atomic E-state index is 12.0. The highest BCUT2D eigenvalue weighted by Crippen LogP contribution is 2.24. The van der Waals surface area contributed by atoms with Crippen LogP contribution < -0.4 is 5.43 Å². The van der Waals surface area contributed by atoms with Gasteiger partial charge in [0.05, 0.1) is 11.8 Å². The Bertz CT molecular complexity index is 905. The summed E-state index contributed by atoms with van der Waals surface area (Å²) < 4.78 is 6.37. The summed E-state index contributed by atoms with van der Waals surface area (Å²) in [6.07, 6.45) is 1.45. The molecular weight excluding hydrogens is 392 g/mol. The van der Waals surface area contributed by atoms with Crippen LogP contribution in [0, 0.1) is 0 Å². The molecule has 0 aliphatic carbocycles. The molecule has 4 nitrogen and oxygen atoms in total. The van der Waals surface area contributed by atoms with Gasteiger partial charge in [0.2, 0.25) is 0 Å². The third-order valence-electron chi connectivity index (χ3n) is 3.21. The van der Waals surface area contributed by atoms with Crippen LogP contribution in [0.5, 0.6) is 0 Å². The number of hydrogen-bond donors (Lipinski definition) is 1. The molecule has 2 aromatic carbocycles. The Morgan fingerprint density at radius 3 is 2.75 bits per heavy atom. The summed E-state index contributed by atoms with van der Waals surface area (Å²) in [5.41, 5.74) is 3.85. The first-order valence-electron chi connectivity index (χ1n) is 7.07. The lowest BCUT2D eigenvalue weighted by Crippen LogP contribution is -2.17. The predicted octanol–water partition coefficient (Wildman–Crippen LogP) is 5.13. The normalized spacial score (nSPS) is 10.9. The number of amides is 1. The van der Waals surface area contributed by atoms with Gasteiger partial charge in [-0.3, -0.25) is 4.79 Å². The van der Waals surface area contributed by atoms with Gasteiger partial charge in [0.25, 0.3) is 5.91 Å². The molecule has 0 bridgehead atoms. The summed E-state index contributed by atoms with van der Waals surface area (Å²) in [4.78, 5) is 12.0. The second-order valence-corrected chi connectivity index (χ2v) is 6.18. The van der Waals surface area contributed by atoms with E-state index < -0.39 is 0 Å². The largest absolute Gasteiger partial charge is 0.455 e. The Morgan fingerprint density at radius 2 is 1.96 bits per heavy atom. The van der Waals surface area contributed by atoms with Crippen LogP contribution in [0.3, 0.4) is 0 Å². The maximum absolute atomic E-state index is 12.0. The van der Waals surface area contributed by atoms with Crippen molar-refractivity contribution in [3.8, 4) is 11.3 Å². The summed E-state index contributed by atoms with van der Waals surface area (Å²) in [5.74, 6) is 0.897. The van der Waals surface area contributed by atoms with Gasteiger partial charge in [0.1, 0.15) is 11.5 Å². The molecule has 0 atom stereocenters. The van der Waals surface area contributed by atoms with Crippen molar-refractivity contribution >= 4 is 39.7 Å². The van der Waals surface area contributed by atoms with Crippen LogP contribution in [0.25, 0.3) is 11.3 Å². The number of hydrazone groups is 1. The van der Waals surface area contributed by atoms with E-state index in [4.69, 9.17) is 16.0 Å². The minimum Gasteiger partial charge on any atom is -0.455 e. The zero-order valence-corrected chi connectivity index (χ0v) is 14.7. The number of rotatable bonds is 4. The second-order valence-electron chi connectivity index (χ2n) is 4.89. The number of carbonyl (C=O) groups is 1. The van der Waals surface area contributed by atoms with Gasteiger partial charge in [-0.25, -0.2) is 5.43 Å². The molecule has 0 spiro atoms. The van der Waals surface area contributed by atoms with Crippen molar-refractivity contribution in [2.45, 2.75) is 0 Å². The van der Waals surface area contributed by atoms with Gasteiger partial charge >= 0.3 is 0 Å². The first kappa shape index (κ1) is 16.5. The van der Waals surface area contributed by atoms with E-state index >= 15 is 0 Å². The van der Waals surface area contributed by atoms with Crippen molar-refractivity contribution in [3.05, 3.63) is 81.5 Å². The van der Waals surface area contributed by atoms with Gasteiger partial charge in [-0.1, -0.05) is 35.9 Å². The summed E-state index contributed by atoms with van der Waals surface area (Å²) >= 11 is 9.30. The zero-order chi connectivity index (χ0) is 16.9. The Kier molecular flexibility index (Phi) is 5.13. The molecule has 0 radical (unpaired) electrons. The molecule has 0 unspecified atom stereocenters. The smallest absolute Gasteiger partial charge is 0.272 e. The van der Waals surface area contributed by atoms with E-state index in [1.54, 1.807) is 30.3 Å². The van der Waals surface area contributed by atoms with Crippen LogP contribution in [0.4, 0.5) is 0 Å². The Morgan fingerprint density at radius 1 is 1.12 bits per heavy atom. The van der Waals surface area contributed by atoms with Crippen LogP contribution in [0.1, 0.15) is 16.1 Å². The number of benzene rings is 2. The van der Waals surface area contributed by atoms with Crippen molar-refractivity contribution in [1.82, 2.24) is 5.43 Å². The monoisotopic (exact) mass is 402 g/mol. The summed E-state index contributed by atoms with van der Waals surface area (Å²) in [5, 5.41) is 4.56. The molecule has 1 amide bonds. The lowest BCUT2D eigenvalue weighted by atomic mass is 10.2. The van der Waals surface area contributed by atoms with Gasteiger partial charge in [-0.15, -0.1) is 0 Å². The van der Waals surface area contributed by atoms with Crippen LogP contribution in [-0.2, 0) is 0 Å². The third kappa shape index (κ3) is 3.93. The molecule has 0 saturated heterocycles. The number of nitrogens with one attached hydrogen (secondary N) is 1. The van der Waals surface area contributed by atoms with Crippen molar-refractivity contribution in [3.63, 3.8) is 0 Å². The molecule has 1 N–H and O–H groups in total. The maximum Gasteiger partial charge on any atom is 0.272 e. The van der Waals surface area contributed by atoms with E-state index in [1.165, 1.54) is 6.21 Å². The van der Waals surface area contributed by atoms with Crippen molar-refractivity contribution in [2.24, 2.45) is 5.10 Å². The van der Waals surface area contributed by atoms with E-state index in [9.17, 15) is 4.79 Å². The Hall–Kier alpha value is -2.37. The fourth-order valence-corrected chi connectivity index (χ4v) is 2.73. The van der Waals surface area contributed by atoms with Crippen LogP contribution in [0.2, 0.25) is 5.02 Å². The first-order valence-corrected chi connectivity index (χ1v) is 8.24. The van der Waals surface area contributed by atoms with Gasteiger partial charge in [0, 0.05) is 15.1 Å². The second kappa shape index (κ2) is 7.47. The Balaban J connectivity index is 1.68. The molecule has 1 aromatic heterocycles. The number of furan rings is 1. The van der Waals surface area contributed by atoms with Crippen LogP contribution in [-0.4, -0.2) is 12.1 Å². The average molecular weight is 404 g/mol. The minimum absolute atomic E-state index is 0.305. The third-order valence-corrected chi connectivity index (χ3v) is 4.14. The molecule has 0 aliphatic rings. The van der Waals surface area contributed by atoms with E-state index in [1.807, 2.05) is 30.3 Å². The number of hydrogen-bond acceptors (Lipinski definition) is 3. The molecule has 24 heavy (non-hydrogen) atoms. The van der Waals surface area contributed by atoms with Gasteiger partial charge in [0.15, 0.2) is 0 Å². The molecule has 120 valence electrons. The van der Waals surface area contributed by atoms with E-state index in [2.05, 4.69) is 26.5 Å². The predicted molar refractivity (Wildman–Crippen MR) is 98.4 cm³/mol. The van der Waals surface area contributed by atoms with Crippen molar-refractivity contribution in [1.29, 1.82) is 0 Å². The first-order chi connectivity index (χ1) is 11.6. The molecule has 0 fully saturated rings. The summed E-state index contributed by atoms with van der Waals surface area (Å²) in [6.45, 7) is 0. The number of halogens is 2. The fourth-order valence-electron chi connectivity index (χ4n) is 2.08. The average Bonchev–Trinajstić information content (AvgIpc) is 3.04. The molecule has 3 rings (SSSR count). The van der Waals surface area contributed by atoms with Crippen LogP contribution in [0.15, 0.2) is 74.7 Å². The molecule has 0 aliphatic heterocycles. The van der Waals surface area contributed by atoms with Gasteiger partial charge in [-0.05, 0) is 52.3 Å². The van der Waals surface area contributed by atoms with E-state index in [-0.39, 0.29) is 5.91 Å². The highest BCUT2D eigenvalue weighted by Gasteiger charge is 2.08.